The van der Waals surface area contributed by atoms with Crippen LogP contribution >= 0.6 is 23.1 Å². The molecule has 0 aliphatic carbocycles. The standard InChI is InChI=1S/C36H32N4O4S2/c1-23-32(26-10-6-4-7-11-26)39-36(46-23)40-33(41)24(2)45-30-20-16-28(17-21-30)37-35(43)31(22-25-14-18-29(44-3)19-15-25)38-34(42)27-12-8-5-9-13-27/h4-22,24H,1-3H3,(H,37,43)(H,38,42)(H,39,40,41)/b31-22-. The Morgan fingerprint density at radius 3 is 2.15 bits per heavy atom. The van der Waals surface area contributed by atoms with Crippen LogP contribution in [0.4, 0.5) is 10.8 Å². The Labute approximate surface area is 275 Å². The molecule has 5 rings (SSSR count). The molecule has 0 fully saturated rings. The zero-order valence-corrected chi connectivity index (χ0v) is 27.1. The fourth-order valence-corrected chi connectivity index (χ4v) is 6.11. The van der Waals surface area contributed by atoms with Gasteiger partial charge >= 0.3 is 0 Å². The van der Waals surface area contributed by atoms with Crippen molar-refractivity contribution in [3.05, 3.63) is 131 Å². The second-order valence-electron chi connectivity index (χ2n) is 10.2. The lowest BCUT2D eigenvalue weighted by molar-refractivity contribution is -0.115. The van der Waals surface area contributed by atoms with E-state index in [1.54, 1.807) is 73.8 Å². The summed E-state index contributed by atoms with van der Waals surface area (Å²) in [6.07, 6.45) is 1.60. The van der Waals surface area contributed by atoms with Crippen molar-refractivity contribution in [1.82, 2.24) is 10.3 Å². The Morgan fingerprint density at radius 1 is 0.848 bits per heavy atom. The van der Waals surface area contributed by atoms with E-state index in [4.69, 9.17) is 4.74 Å². The number of amides is 3. The third-order valence-corrected chi connectivity index (χ3v) is 8.82. The van der Waals surface area contributed by atoms with Crippen LogP contribution in [0.1, 0.15) is 27.7 Å². The Kier molecular flexibility index (Phi) is 10.6. The molecule has 0 saturated heterocycles. The van der Waals surface area contributed by atoms with E-state index in [1.807, 2.05) is 62.4 Å². The molecule has 46 heavy (non-hydrogen) atoms. The lowest BCUT2D eigenvalue weighted by Crippen LogP contribution is -2.30. The minimum atomic E-state index is -0.484. The number of thiazole rings is 1. The molecule has 0 saturated carbocycles. The predicted molar refractivity (Wildman–Crippen MR) is 186 cm³/mol. The molecule has 1 unspecified atom stereocenters. The van der Waals surface area contributed by atoms with Crippen LogP contribution in [0, 0.1) is 6.92 Å². The zero-order valence-electron chi connectivity index (χ0n) is 25.4. The Hall–Kier alpha value is -5.19. The first-order valence-electron chi connectivity index (χ1n) is 14.4. The third kappa shape index (κ3) is 8.50. The SMILES string of the molecule is COc1ccc(/C=C(\NC(=O)c2ccccc2)C(=O)Nc2ccc(SC(C)C(=O)Nc3nc(-c4ccccc4)c(C)s3)cc2)cc1. The number of carbonyl (C=O) groups is 3. The molecule has 0 radical (unpaired) electrons. The van der Waals surface area contributed by atoms with Crippen molar-refractivity contribution < 1.29 is 19.1 Å². The average molecular weight is 649 g/mol. The molecule has 4 aromatic carbocycles. The molecule has 0 aliphatic heterocycles. The van der Waals surface area contributed by atoms with Gasteiger partial charge < -0.3 is 20.7 Å². The number of hydrogen-bond donors (Lipinski definition) is 3. The van der Waals surface area contributed by atoms with Crippen LogP contribution in [0.15, 0.2) is 120 Å². The summed E-state index contributed by atoms with van der Waals surface area (Å²) in [6.45, 7) is 3.82. The number of nitrogens with zero attached hydrogens (tertiary/aromatic N) is 1. The van der Waals surface area contributed by atoms with Crippen molar-refractivity contribution in [3.63, 3.8) is 0 Å². The van der Waals surface area contributed by atoms with Crippen LogP contribution in [0.25, 0.3) is 17.3 Å². The molecular weight excluding hydrogens is 617 g/mol. The number of carbonyl (C=O) groups excluding carboxylic acids is 3. The van der Waals surface area contributed by atoms with Crippen molar-refractivity contribution in [2.45, 2.75) is 24.0 Å². The Balaban J connectivity index is 1.22. The minimum Gasteiger partial charge on any atom is -0.497 e. The van der Waals surface area contributed by atoms with Crippen molar-refractivity contribution in [2.24, 2.45) is 0 Å². The molecule has 3 amide bonds. The number of nitrogens with one attached hydrogen (secondary N) is 3. The first kappa shape index (κ1) is 32.2. The van der Waals surface area contributed by atoms with Gasteiger partial charge in [0.1, 0.15) is 11.4 Å². The fraction of sp³-hybridized carbons (Fsp3) is 0.111. The van der Waals surface area contributed by atoms with Gasteiger partial charge in [0.2, 0.25) is 5.91 Å². The van der Waals surface area contributed by atoms with Crippen LogP contribution in [0.3, 0.4) is 0 Å². The van der Waals surface area contributed by atoms with Crippen LogP contribution in [0.2, 0.25) is 0 Å². The Bertz CT molecular complexity index is 1840. The number of aryl methyl sites for hydroxylation is 1. The van der Waals surface area contributed by atoms with Gasteiger partial charge in [0.15, 0.2) is 5.13 Å². The van der Waals surface area contributed by atoms with E-state index in [2.05, 4.69) is 20.9 Å². The second-order valence-corrected chi connectivity index (χ2v) is 12.8. The summed E-state index contributed by atoms with van der Waals surface area (Å²) in [4.78, 5) is 45.8. The molecule has 5 aromatic rings. The maximum Gasteiger partial charge on any atom is 0.272 e. The van der Waals surface area contributed by atoms with Gasteiger partial charge in [0, 0.05) is 26.6 Å². The maximum atomic E-state index is 13.4. The molecule has 0 aliphatic rings. The second kappa shape index (κ2) is 15.2. The third-order valence-electron chi connectivity index (χ3n) is 6.82. The van der Waals surface area contributed by atoms with E-state index in [1.165, 1.54) is 23.1 Å². The topological polar surface area (TPSA) is 109 Å². The van der Waals surface area contributed by atoms with E-state index >= 15 is 0 Å². The summed E-state index contributed by atoms with van der Waals surface area (Å²) in [5.74, 6) is -0.365. The molecule has 0 spiro atoms. The van der Waals surface area contributed by atoms with Crippen molar-refractivity contribution in [1.29, 1.82) is 0 Å². The monoisotopic (exact) mass is 648 g/mol. The number of methoxy groups -OCH3 is 1. The van der Waals surface area contributed by atoms with Gasteiger partial charge in [0.25, 0.3) is 11.8 Å². The highest BCUT2D eigenvalue weighted by molar-refractivity contribution is 8.00. The normalized spacial score (nSPS) is 11.8. The largest absolute Gasteiger partial charge is 0.497 e. The summed E-state index contributed by atoms with van der Waals surface area (Å²) < 4.78 is 5.22. The highest BCUT2D eigenvalue weighted by atomic mass is 32.2. The molecule has 232 valence electrons. The van der Waals surface area contributed by atoms with Crippen molar-refractivity contribution in [3.8, 4) is 17.0 Å². The van der Waals surface area contributed by atoms with Gasteiger partial charge in [-0.05, 0) is 74.0 Å². The van der Waals surface area contributed by atoms with E-state index in [-0.39, 0.29) is 11.6 Å². The highest BCUT2D eigenvalue weighted by Crippen LogP contribution is 2.31. The fourth-order valence-electron chi connectivity index (χ4n) is 4.40. The molecule has 1 heterocycles. The molecule has 10 heteroatoms. The van der Waals surface area contributed by atoms with E-state index in [0.717, 1.165) is 21.0 Å². The molecular formula is C36H32N4O4S2. The first-order chi connectivity index (χ1) is 22.3. The molecule has 1 aromatic heterocycles. The number of aromatic nitrogens is 1. The van der Waals surface area contributed by atoms with Crippen LogP contribution < -0.4 is 20.7 Å². The van der Waals surface area contributed by atoms with E-state index < -0.39 is 17.1 Å². The van der Waals surface area contributed by atoms with Gasteiger partial charge in [0.05, 0.1) is 18.1 Å². The van der Waals surface area contributed by atoms with Crippen LogP contribution in [-0.2, 0) is 9.59 Å². The van der Waals surface area contributed by atoms with E-state index in [0.29, 0.717) is 27.7 Å². The molecule has 1 atom stereocenters. The number of thioether (sulfide) groups is 1. The van der Waals surface area contributed by atoms with Crippen LogP contribution in [0.5, 0.6) is 5.75 Å². The lowest BCUT2D eigenvalue weighted by Gasteiger charge is -2.13. The smallest absolute Gasteiger partial charge is 0.272 e. The Morgan fingerprint density at radius 2 is 1.50 bits per heavy atom. The number of benzene rings is 4. The van der Waals surface area contributed by atoms with Crippen LogP contribution in [-0.4, -0.2) is 35.1 Å². The molecule has 8 nitrogen and oxygen atoms in total. The first-order valence-corrected chi connectivity index (χ1v) is 16.1. The van der Waals surface area contributed by atoms with Gasteiger partial charge in [-0.2, -0.15) is 0 Å². The zero-order chi connectivity index (χ0) is 32.5. The average Bonchev–Trinajstić information content (AvgIpc) is 3.45. The number of ether oxygens (including phenoxy) is 1. The quantitative estimate of drug-likeness (QED) is 0.100. The summed E-state index contributed by atoms with van der Waals surface area (Å²) >= 11 is 2.84. The lowest BCUT2D eigenvalue weighted by atomic mass is 10.1. The highest BCUT2D eigenvalue weighted by Gasteiger charge is 2.19. The minimum absolute atomic E-state index is 0.0793. The number of hydrogen-bond acceptors (Lipinski definition) is 7. The van der Waals surface area contributed by atoms with Crippen molar-refractivity contribution >= 4 is 57.7 Å². The van der Waals surface area contributed by atoms with Gasteiger partial charge in [-0.1, -0.05) is 60.7 Å². The van der Waals surface area contributed by atoms with Gasteiger partial charge in [-0.3, -0.25) is 14.4 Å². The summed E-state index contributed by atoms with van der Waals surface area (Å²) in [7, 11) is 1.58. The van der Waals surface area contributed by atoms with Gasteiger partial charge in [-0.15, -0.1) is 23.1 Å². The number of rotatable bonds is 11. The molecule has 3 N–H and O–H groups in total. The summed E-state index contributed by atoms with van der Waals surface area (Å²) in [5, 5.41) is 8.70. The summed E-state index contributed by atoms with van der Waals surface area (Å²) in [6, 6.07) is 32.9. The summed E-state index contributed by atoms with van der Waals surface area (Å²) in [5.41, 5.74) is 3.62. The molecule has 0 bridgehead atoms. The maximum absolute atomic E-state index is 13.4. The number of anilines is 2. The van der Waals surface area contributed by atoms with Gasteiger partial charge in [-0.25, -0.2) is 4.98 Å². The van der Waals surface area contributed by atoms with Crippen molar-refractivity contribution in [2.75, 3.05) is 17.7 Å². The van der Waals surface area contributed by atoms with E-state index in [9.17, 15) is 14.4 Å². The predicted octanol–water partition coefficient (Wildman–Crippen LogP) is 7.66.